The fourth-order valence-electron chi connectivity index (χ4n) is 3.24. The van der Waals surface area contributed by atoms with Gasteiger partial charge in [0.15, 0.2) is 0 Å². The molecule has 1 aliphatic rings. The molecule has 0 bridgehead atoms. The van der Waals surface area contributed by atoms with E-state index in [1.807, 2.05) is 0 Å². The van der Waals surface area contributed by atoms with Gasteiger partial charge in [0.2, 0.25) is 15.9 Å². The summed E-state index contributed by atoms with van der Waals surface area (Å²) in [6, 6.07) is 10.6. The van der Waals surface area contributed by atoms with Crippen molar-refractivity contribution in [2.75, 3.05) is 23.7 Å². The molecule has 2 N–H and O–H groups in total. The van der Waals surface area contributed by atoms with Crippen molar-refractivity contribution in [2.45, 2.75) is 31.6 Å². The van der Waals surface area contributed by atoms with Crippen molar-refractivity contribution in [2.24, 2.45) is 5.92 Å². The van der Waals surface area contributed by atoms with Gasteiger partial charge in [-0.1, -0.05) is 18.5 Å². The third-order valence-electron chi connectivity index (χ3n) is 5.03. The number of carbonyl (C=O) groups is 2. The van der Waals surface area contributed by atoms with E-state index >= 15 is 0 Å². The molecule has 2 amide bonds. The highest BCUT2D eigenvalue weighted by Gasteiger charge is 2.28. The molecule has 160 valence electrons. The first kappa shape index (κ1) is 22.3. The minimum atomic E-state index is -3.56. The molecule has 30 heavy (non-hydrogen) atoms. The van der Waals surface area contributed by atoms with Crippen LogP contribution in [0.3, 0.4) is 0 Å². The Kier molecular flexibility index (Phi) is 6.80. The first-order valence-electron chi connectivity index (χ1n) is 9.65. The van der Waals surface area contributed by atoms with Crippen LogP contribution < -0.4 is 10.6 Å². The number of piperidine rings is 1. The molecule has 0 aliphatic carbocycles. The third kappa shape index (κ3) is 5.19. The van der Waals surface area contributed by atoms with Crippen molar-refractivity contribution in [1.29, 1.82) is 0 Å². The third-order valence-corrected chi connectivity index (χ3v) is 7.26. The molecule has 9 heteroatoms. The number of rotatable bonds is 5. The summed E-state index contributed by atoms with van der Waals surface area (Å²) in [5.41, 5.74) is 1.21. The molecular weight excluding hydrogens is 426 g/mol. The molecule has 0 radical (unpaired) electrons. The van der Waals surface area contributed by atoms with Gasteiger partial charge in [-0.15, -0.1) is 0 Å². The maximum absolute atomic E-state index is 12.8. The molecule has 1 aliphatic heterocycles. The van der Waals surface area contributed by atoms with Gasteiger partial charge >= 0.3 is 0 Å². The first-order valence-corrected chi connectivity index (χ1v) is 11.5. The van der Waals surface area contributed by atoms with Crippen molar-refractivity contribution >= 4 is 44.8 Å². The Hall–Kier alpha value is -2.42. The Morgan fingerprint density at radius 2 is 1.67 bits per heavy atom. The molecule has 0 unspecified atom stereocenters. The van der Waals surface area contributed by atoms with E-state index in [1.54, 1.807) is 12.1 Å². The summed E-state index contributed by atoms with van der Waals surface area (Å²) < 4.78 is 27.1. The van der Waals surface area contributed by atoms with E-state index in [0.29, 0.717) is 35.9 Å². The Labute approximate surface area is 181 Å². The van der Waals surface area contributed by atoms with Crippen molar-refractivity contribution in [1.82, 2.24) is 4.31 Å². The zero-order valence-electron chi connectivity index (χ0n) is 16.8. The lowest BCUT2D eigenvalue weighted by molar-refractivity contribution is -0.114. The highest BCUT2D eigenvalue weighted by molar-refractivity contribution is 7.89. The van der Waals surface area contributed by atoms with Crippen LogP contribution in [0.25, 0.3) is 0 Å². The monoisotopic (exact) mass is 449 g/mol. The molecule has 0 saturated carbocycles. The van der Waals surface area contributed by atoms with E-state index in [4.69, 9.17) is 11.6 Å². The average Bonchev–Trinajstić information content (AvgIpc) is 2.70. The second-order valence-corrected chi connectivity index (χ2v) is 9.79. The van der Waals surface area contributed by atoms with Crippen molar-refractivity contribution < 1.29 is 18.0 Å². The van der Waals surface area contributed by atoms with Crippen LogP contribution in [0.15, 0.2) is 47.4 Å². The number of nitrogens with zero attached hydrogens (tertiary/aromatic N) is 1. The number of anilines is 2. The van der Waals surface area contributed by atoms with Crippen LogP contribution in [0, 0.1) is 5.92 Å². The van der Waals surface area contributed by atoms with E-state index in [2.05, 4.69) is 17.6 Å². The van der Waals surface area contributed by atoms with Gasteiger partial charge in [0.1, 0.15) is 0 Å². The number of nitrogens with one attached hydrogen (secondary N) is 2. The zero-order valence-corrected chi connectivity index (χ0v) is 18.4. The highest BCUT2D eigenvalue weighted by atomic mass is 35.5. The molecular formula is C21H24ClN3O4S. The van der Waals surface area contributed by atoms with E-state index in [9.17, 15) is 18.0 Å². The molecule has 2 aromatic carbocycles. The number of sulfonamides is 1. The number of halogens is 1. The lowest BCUT2D eigenvalue weighted by Gasteiger charge is -2.29. The smallest absolute Gasteiger partial charge is 0.255 e. The number of benzene rings is 2. The molecule has 0 spiro atoms. The summed E-state index contributed by atoms with van der Waals surface area (Å²) in [7, 11) is -3.56. The maximum atomic E-state index is 12.8. The summed E-state index contributed by atoms with van der Waals surface area (Å²) in [6.45, 7) is 4.54. The highest BCUT2D eigenvalue weighted by Crippen LogP contribution is 2.27. The van der Waals surface area contributed by atoms with Crippen molar-refractivity contribution in [3.8, 4) is 0 Å². The van der Waals surface area contributed by atoms with E-state index in [-0.39, 0.29) is 15.8 Å². The Morgan fingerprint density at radius 3 is 2.23 bits per heavy atom. The Bertz CT molecular complexity index is 1050. The predicted molar refractivity (Wildman–Crippen MR) is 117 cm³/mol. The van der Waals surface area contributed by atoms with Gasteiger partial charge in [-0.3, -0.25) is 9.59 Å². The zero-order chi connectivity index (χ0) is 21.9. The van der Waals surface area contributed by atoms with Gasteiger partial charge in [0, 0.05) is 31.3 Å². The Balaban J connectivity index is 1.70. The van der Waals surface area contributed by atoms with E-state index in [0.717, 1.165) is 12.8 Å². The summed E-state index contributed by atoms with van der Waals surface area (Å²) >= 11 is 6.17. The largest absolute Gasteiger partial charge is 0.326 e. The molecule has 2 aromatic rings. The van der Waals surface area contributed by atoms with Crippen LogP contribution in [0.1, 0.15) is 37.0 Å². The number of hydrogen-bond donors (Lipinski definition) is 2. The second kappa shape index (κ2) is 9.16. The quantitative estimate of drug-likeness (QED) is 0.721. The van der Waals surface area contributed by atoms with E-state index < -0.39 is 15.9 Å². The molecule has 1 heterocycles. The number of amides is 2. The van der Waals surface area contributed by atoms with Crippen LogP contribution in [-0.4, -0.2) is 37.6 Å². The van der Waals surface area contributed by atoms with Crippen molar-refractivity contribution in [3.63, 3.8) is 0 Å². The molecule has 7 nitrogen and oxygen atoms in total. The lowest BCUT2D eigenvalue weighted by Crippen LogP contribution is -2.37. The molecule has 1 saturated heterocycles. The summed E-state index contributed by atoms with van der Waals surface area (Å²) in [5.74, 6) is -0.112. The predicted octanol–water partition coefficient (Wildman–Crippen LogP) is 3.97. The maximum Gasteiger partial charge on any atom is 0.255 e. The first-order chi connectivity index (χ1) is 14.2. The topological polar surface area (TPSA) is 95.6 Å². The molecule has 0 atom stereocenters. The van der Waals surface area contributed by atoms with Gasteiger partial charge in [-0.25, -0.2) is 8.42 Å². The van der Waals surface area contributed by atoms with Crippen LogP contribution in [0.4, 0.5) is 11.4 Å². The van der Waals surface area contributed by atoms with Crippen molar-refractivity contribution in [3.05, 3.63) is 53.1 Å². The fourth-order valence-corrected chi connectivity index (χ4v) is 4.94. The van der Waals surface area contributed by atoms with E-state index in [1.165, 1.54) is 41.6 Å². The van der Waals surface area contributed by atoms with Crippen LogP contribution >= 0.6 is 11.6 Å². The fraction of sp³-hybridized carbons (Fsp3) is 0.333. The lowest BCUT2D eigenvalue weighted by atomic mass is 10.0. The summed E-state index contributed by atoms with van der Waals surface area (Å²) in [4.78, 5) is 23.8. The van der Waals surface area contributed by atoms with Gasteiger partial charge in [-0.2, -0.15) is 4.31 Å². The van der Waals surface area contributed by atoms with Crippen LogP contribution in [0.2, 0.25) is 5.02 Å². The minimum absolute atomic E-state index is 0.172. The van der Waals surface area contributed by atoms with Gasteiger partial charge in [0.25, 0.3) is 5.91 Å². The van der Waals surface area contributed by atoms with Crippen LogP contribution in [-0.2, 0) is 14.8 Å². The van der Waals surface area contributed by atoms with Gasteiger partial charge in [-0.05, 0) is 61.2 Å². The average molecular weight is 450 g/mol. The van der Waals surface area contributed by atoms with Gasteiger partial charge in [0.05, 0.1) is 15.6 Å². The van der Waals surface area contributed by atoms with Crippen LogP contribution in [0.5, 0.6) is 0 Å². The molecule has 1 fully saturated rings. The second-order valence-electron chi connectivity index (χ2n) is 7.44. The standard InChI is InChI=1S/C21H24ClN3O4S/c1-14-9-11-25(12-10-14)30(28,29)18-6-3-16(4-7-18)21(27)24-20-8-5-17(13-19(20)22)23-15(2)26/h3-8,13-14H,9-12H2,1-2H3,(H,23,26)(H,24,27). The minimum Gasteiger partial charge on any atom is -0.326 e. The Morgan fingerprint density at radius 1 is 1.03 bits per heavy atom. The number of hydrogen-bond acceptors (Lipinski definition) is 4. The SMILES string of the molecule is CC(=O)Nc1ccc(NC(=O)c2ccc(S(=O)(=O)N3CCC(C)CC3)cc2)c(Cl)c1. The molecule has 3 rings (SSSR count). The normalized spacial score (nSPS) is 15.6. The summed E-state index contributed by atoms with van der Waals surface area (Å²) in [6.07, 6.45) is 1.70. The summed E-state index contributed by atoms with van der Waals surface area (Å²) in [5, 5.41) is 5.57. The molecule has 0 aromatic heterocycles. The number of carbonyl (C=O) groups excluding carboxylic acids is 2. The van der Waals surface area contributed by atoms with Gasteiger partial charge < -0.3 is 10.6 Å².